The van der Waals surface area contributed by atoms with Gasteiger partial charge in [-0.3, -0.25) is 4.98 Å². The average Bonchev–Trinajstić information content (AvgIpc) is 2.96. The van der Waals surface area contributed by atoms with Crippen LogP contribution < -0.4 is 0 Å². The lowest BCUT2D eigenvalue weighted by molar-refractivity contribution is 0.383. The summed E-state index contributed by atoms with van der Waals surface area (Å²) >= 11 is 0. The molecule has 3 aromatic heterocycles. The van der Waals surface area contributed by atoms with Gasteiger partial charge in [-0.2, -0.15) is 0 Å². The molecule has 0 bridgehead atoms. The monoisotopic (exact) mass is 339 g/mol. The number of rotatable bonds is 5. The molecule has 3 heterocycles. The van der Waals surface area contributed by atoms with E-state index in [1.54, 1.807) is 0 Å². The predicted octanol–water partition coefficient (Wildman–Crippen LogP) is 5.62. The second-order valence-electron chi connectivity index (χ2n) is 7.07. The standard InChI is InChI=1S/C21H26FN3/c1-6-16-9-19-20(14(4)12-25(19)15(5)10-22)24-21(16)17-7-8-18(13(2)3)23-11-17/h7-9,11-13,15H,6,10H2,1-5H3. The van der Waals surface area contributed by atoms with E-state index in [1.807, 2.05) is 30.8 Å². The Morgan fingerprint density at radius 2 is 1.96 bits per heavy atom. The van der Waals surface area contributed by atoms with Gasteiger partial charge in [0.05, 0.1) is 22.8 Å². The van der Waals surface area contributed by atoms with Crippen LogP contribution in [0.5, 0.6) is 0 Å². The highest BCUT2D eigenvalue weighted by Gasteiger charge is 2.16. The Morgan fingerprint density at radius 3 is 2.52 bits per heavy atom. The summed E-state index contributed by atoms with van der Waals surface area (Å²) in [7, 11) is 0. The maximum Gasteiger partial charge on any atom is 0.110 e. The van der Waals surface area contributed by atoms with Gasteiger partial charge in [0.15, 0.2) is 0 Å². The number of hydrogen-bond acceptors (Lipinski definition) is 2. The summed E-state index contributed by atoms with van der Waals surface area (Å²) in [5.74, 6) is 0.411. The molecule has 3 rings (SSSR count). The average molecular weight is 339 g/mol. The van der Waals surface area contributed by atoms with E-state index in [4.69, 9.17) is 4.98 Å². The zero-order valence-corrected chi connectivity index (χ0v) is 15.7. The van der Waals surface area contributed by atoms with Crippen molar-refractivity contribution in [1.29, 1.82) is 0 Å². The molecular weight excluding hydrogens is 313 g/mol. The van der Waals surface area contributed by atoms with Gasteiger partial charge in [0.1, 0.15) is 6.67 Å². The summed E-state index contributed by atoms with van der Waals surface area (Å²) in [6.45, 7) is 9.96. The second kappa shape index (κ2) is 6.95. The number of pyridine rings is 2. The van der Waals surface area contributed by atoms with Crippen LogP contribution in [0.3, 0.4) is 0 Å². The van der Waals surface area contributed by atoms with Gasteiger partial charge in [-0.05, 0) is 55.5 Å². The predicted molar refractivity (Wildman–Crippen MR) is 102 cm³/mol. The van der Waals surface area contributed by atoms with Crippen LogP contribution in [-0.2, 0) is 6.42 Å². The fourth-order valence-electron chi connectivity index (χ4n) is 3.21. The largest absolute Gasteiger partial charge is 0.340 e. The van der Waals surface area contributed by atoms with E-state index in [2.05, 4.69) is 44.0 Å². The summed E-state index contributed by atoms with van der Waals surface area (Å²) in [4.78, 5) is 9.53. The third-order valence-corrected chi connectivity index (χ3v) is 4.80. The third-order valence-electron chi connectivity index (χ3n) is 4.80. The number of nitrogens with zero attached hydrogens (tertiary/aromatic N) is 3. The Labute approximate surface area is 148 Å². The Balaban J connectivity index is 2.17. The van der Waals surface area contributed by atoms with E-state index < -0.39 is 0 Å². The van der Waals surface area contributed by atoms with E-state index in [0.717, 1.165) is 45.5 Å². The van der Waals surface area contributed by atoms with Crippen molar-refractivity contribution in [1.82, 2.24) is 14.5 Å². The van der Waals surface area contributed by atoms with E-state index in [1.165, 1.54) is 0 Å². The molecule has 0 amide bonds. The number of aromatic nitrogens is 3. The second-order valence-corrected chi connectivity index (χ2v) is 7.07. The van der Waals surface area contributed by atoms with Gasteiger partial charge in [0, 0.05) is 23.7 Å². The summed E-state index contributed by atoms with van der Waals surface area (Å²) < 4.78 is 15.2. The summed E-state index contributed by atoms with van der Waals surface area (Å²) in [6.07, 6.45) is 4.79. The van der Waals surface area contributed by atoms with Crippen molar-refractivity contribution in [3.8, 4) is 11.3 Å². The Hall–Kier alpha value is -2.23. The van der Waals surface area contributed by atoms with Gasteiger partial charge >= 0.3 is 0 Å². The quantitative estimate of drug-likeness (QED) is 0.604. The molecule has 3 nitrogen and oxygen atoms in total. The lowest BCUT2D eigenvalue weighted by atomic mass is 10.0. The van der Waals surface area contributed by atoms with Crippen molar-refractivity contribution < 1.29 is 4.39 Å². The van der Waals surface area contributed by atoms with Crippen LogP contribution in [0.4, 0.5) is 4.39 Å². The van der Waals surface area contributed by atoms with Crippen molar-refractivity contribution in [3.05, 3.63) is 47.4 Å². The molecular formula is C21H26FN3. The number of hydrogen-bond donors (Lipinski definition) is 0. The van der Waals surface area contributed by atoms with Gasteiger partial charge in [-0.25, -0.2) is 9.37 Å². The molecule has 0 fully saturated rings. The Morgan fingerprint density at radius 1 is 1.20 bits per heavy atom. The molecule has 1 atom stereocenters. The van der Waals surface area contributed by atoms with Crippen molar-refractivity contribution in [2.24, 2.45) is 0 Å². The van der Waals surface area contributed by atoms with Gasteiger partial charge in [-0.15, -0.1) is 0 Å². The van der Waals surface area contributed by atoms with Gasteiger partial charge in [0.25, 0.3) is 0 Å². The highest BCUT2D eigenvalue weighted by Crippen LogP contribution is 2.30. The fourth-order valence-corrected chi connectivity index (χ4v) is 3.21. The number of fused-ring (bicyclic) bond motifs is 1. The van der Waals surface area contributed by atoms with Crippen LogP contribution in [0, 0.1) is 6.92 Å². The van der Waals surface area contributed by atoms with Crippen LogP contribution >= 0.6 is 0 Å². The van der Waals surface area contributed by atoms with Crippen molar-refractivity contribution >= 4 is 11.0 Å². The Bertz CT molecular complexity index is 878. The van der Waals surface area contributed by atoms with Gasteiger partial charge < -0.3 is 4.57 Å². The molecule has 0 spiro atoms. The molecule has 3 aromatic rings. The first kappa shape index (κ1) is 17.6. The lowest BCUT2D eigenvalue weighted by Crippen LogP contribution is -2.06. The molecule has 0 N–H and O–H groups in total. The summed E-state index contributed by atoms with van der Waals surface area (Å²) in [6, 6.07) is 6.16. The highest BCUT2D eigenvalue weighted by molar-refractivity contribution is 5.84. The topological polar surface area (TPSA) is 30.7 Å². The molecule has 0 saturated heterocycles. The molecule has 132 valence electrons. The van der Waals surface area contributed by atoms with Crippen molar-refractivity contribution in [2.75, 3.05) is 6.67 Å². The molecule has 0 aliphatic heterocycles. The number of alkyl halides is 1. The first-order chi connectivity index (χ1) is 12.0. The zero-order valence-electron chi connectivity index (χ0n) is 15.7. The Kier molecular flexibility index (Phi) is 4.89. The molecule has 0 aromatic carbocycles. The first-order valence-electron chi connectivity index (χ1n) is 8.99. The summed E-state index contributed by atoms with van der Waals surface area (Å²) in [5.41, 5.74) is 7.29. The number of halogens is 1. The zero-order chi connectivity index (χ0) is 18.1. The first-order valence-corrected chi connectivity index (χ1v) is 8.99. The van der Waals surface area contributed by atoms with E-state index in [-0.39, 0.29) is 12.7 Å². The lowest BCUT2D eigenvalue weighted by Gasteiger charge is -2.13. The summed E-state index contributed by atoms with van der Waals surface area (Å²) in [5, 5.41) is 0. The molecule has 0 aliphatic rings. The third kappa shape index (κ3) is 3.17. The molecule has 4 heteroatoms. The van der Waals surface area contributed by atoms with Crippen LogP contribution in [0.1, 0.15) is 56.5 Å². The molecule has 25 heavy (non-hydrogen) atoms. The molecule has 0 saturated carbocycles. The number of aryl methyl sites for hydroxylation is 2. The van der Waals surface area contributed by atoms with Crippen LogP contribution in [0.2, 0.25) is 0 Å². The highest BCUT2D eigenvalue weighted by atomic mass is 19.1. The minimum Gasteiger partial charge on any atom is -0.340 e. The van der Waals surface area contributed by atoms with Crippen LogP contribution in [-0.4, -0.2) is 21.2 Å². The van der Waals surface area contributed by atoms with Crippen molar-refractivity contribution in [3.63, 3.8) is 0 Å². The molecule has 0 aliphatic carbocycles. The van der Waals surface area contributed by atoms with Crippen molar-refractivity contribution in [2.45, 2.75) is 53.0 Å². The van der Waals surface area contributed by atoms with E-state index >= 15 is 0 Å². The SMILES string of the molecule is CCc1cc2c(nc1-c1ccc(C(C)C)nc1)c(C)cn2C(C)CF. The normalized spacial score (nSPS) is 12.9. The molecule has 1 unspecified atom stereocenters. The van der Waals surface area contributed by atoms with Gasteiger partial charge in [0.2, 0.25) is 0 Å². The van der Waals surface area contributed by atoms with Crippen LogP contribution in [0.15, 0.2) is 30.6 Å². The van der Waals surface area contributed by atoms with Gasteiger partial charge in [-0.1, -0.05) is 20.8 Å². The maximum absolute atomic E-state index is 13.2. The molecule has 0 radical (unpaired) electrons. The fraction of sp³-hybridized carbons (Fsp3) is 0.429. The van der Waals surface area contributed by atoms with E-state index in [0.29, 0.717) is 5.92 Å². The van der Waals surface area contributed by atoms with Crippen LogP contribution in [0.25, 0.3) is 22.3 Å². The minimum absolute atomic E-state index is 0.180. The maximum atomic E-state index is 13.2. The van der Waals surface area contributed by atoms with E-state index in [9.17, 15) is 4.39 Å². The minimum atomic E-state index is -0.382. The smallest absolute Gasteiger partial charge is 0.110 e.